The number of nitrogens with zero attached hydrogens (tertiary/aromatic N) is 4. The molecule has 1 aromatic carbocycles. The van der Waals surface area contributed by atoms with E-state index in [-0.39, 0.29) is 18.0 Å². The summed E-state index contributed by atoms with van der Waals surface area (Å²) in [4.78, 5) is 18.6. The number of amides is 1. The first-order chi connectivity index (χ1) is 13.0. The maximum atomic E-state index is 12.3. The molecule has 6 nitrogen and oxygen atoms in total. The Morgan fingerprint density at radius 2 is 2.11 bits per heavy atom. The standard InChI is InChI=1S/C21H23N5O/c1-13-4-7-21(22-12-13)24-19-10-14(2)26(15(3)27)20-6-5-16(11-17(19)20)18-8-9-23-25-18/h4-8,11-12,14,19H,9-10H2,1-3H3,(H,22,24)/t14-,19+/m0/s1. The van der Waals surface area contributed by atoms with Gasteiger partial charge in [0.1, 0.15) is 5.82 Å². The Morgan fingerprint density at radius 3 is 2.78 bits per heavy atom. The van der Waals surface area contributed by atoms with Crippen molar-refractivity contribution in [2.45, 2.75) is 39.3 Å². The van der Waals surface area contributed by atoms with Crippen molar-refractivity contribution in [1.82, 2.24) is 4.98 Å². The Kier molecular flexibility index (Phi) is 4.48. The molecule has 0 fully saturated rings. The molecule has 0 bridgehead atoms. The molecule has 27 heavy (non-hydrogen) atoms. The van der Waals surface area contributed by atoms with Gasteiger partial charge in [0.15, 0.2) is 0 Å². The lowest BCUT2D eigenvalue weighted by Gasteiger charge is -2.39. The lowest BCUT2D eigenvalue weighted by molar-refractivity contribution is -0.117. The van der Waals surface area contributed by atoms with Crippen molar-refractivity contribution in [3.8, 4) is 0 Å². The summed E-state index contributed by atoms with van der Waals surface area (Å²) in [6.07, 6.45) is 4.68. The van der Waals surface area contributed by atoms with E-state index in [1.165, 1.54) is 0 Å². The topological polar surface area (TPSA) is 70.0 Å². The maximum absolute atomic E-state index is 12.3. The summed E-state index contributed by atoms with van der Waals surface area (Å²) < 4.78 is 0. The molecule has 0 radical (unpaired) electrons. The van der Waals surface area contributed by atoms with Crippen molar-refractivity contribution in [1.29, 1.82) is 0 Å². The number of aromatic nitrogens is 1. The molecule has 4 rings (SSSR count). The summed E-state index contributed by atoms with van der Waals surface area (Å²) >= 11 is 0. The van der Waals surface area contributed by atoms with Crippen LogP contribution >= 0.6 is 0 Å². The summed E-state index contributed by atoms with van der Waals surface area (Å²) in [5.74, 6) is 0.897. The molecular formula is C21H23N5O. The average Bonchev–Trinajstić information content (AvgIpc) is 3.18. The van der Waals surface area contributed by atoms with Crippen molar-refractivity contribution in [2.75, 3.05) is 16.8 Å². The Bertz CT molecular complexity index is 932. The summed E-state index contributed by atoms with van der Waals surface area (Å²) in [7, 11) is 0. The van der Waals surface area contributed by atoms with Crippen molar-refractivity contribution in [3.63, 3.8) is 0 Å². The predicted molar refractivity (Wildman–Crippen MR) is 107 cm³/mol. The molecule has 2 atom stereocenters. The minimum Gasteiger partial charge on any atom is -0.363 e. The molecule has 138 valence electrons. The first kappa shape index (κ1) is 17.4. The van der Waals surface area contributed by atoms with Gasteiger partial charge in [0.05, 0.1) is 18.3 Å². The normalized spacial score (nSPS) is 21.0. The van der Waals surface area contributed by atoms with E-state index in [1.54, 1.807) is 6.92 Å². The third-order valence-corrected chi connectivity index (χ3v) is 5.09. The van der Waals surface area contributed by atoms with Gasteiger partial charge in [-0.2, -0.15) is 10.2 Å². The van der Waals surface area contributed by atoms with Gasteiger partial charge in [-0.15, -0.1) is 0 Å². The van der Waals surface area contributed by atoms with Gasteiger partial charge in [0, 0.05) is 30.4 Å². The molecule has 0 saturated heterocycles. The highest BCUT2D eigenvalue weighted by molar-refractivity contribution is 5.94. The summed E-state index contributed by atoms with van der Waals surface area (Å²) in [6.45, 7) is 6.36. The van der Waals surface area contributed by atoms with Gasteiger partial charge < -0.3 is 10.2 Å². The summed E-state index contributed by atoms with van der Waals surface area (Å²) in [6, 6.07) is 10.4. The molecule has 0 aliphatic carbocycles. The number of pyridine rings is 1. The van der Waals surface area contributed by atoms with Gasteiger partial charge in [0.25, 0.3) is 0 Å². The van der Waals surface area contributed by atoms with Crippen molar-refractivity contribution in [2.24, 2.45) is 10.2 Å². The number of carbonyl (C=O) groups excluding carboxylic acids is 1. The smallest absolute Gasteiger partial charge is 0.224 e. The number of aryl methyl sites for hydroxylation is 1. The fourth-order valence-electron chi connectivity index (χ4n) is 3.83. The molecule has 2 aromatic rings. The molecule has 3 heterocycles. The van der Waals surface area contributed by atoms with Gasteiger partial charge >= 0.3 is 0 Å². The number of carbonyl (C=O) groups is 1. The second-order valence-electron chi connectivity index (χ2n) is 7.18. The fourth-order valence-corrected chi connectivity index (χ4v) is 3.83. The molecule has 2 aliphatic rings. The zero-order chi connectivity index (χ0) is 19.0. The number of nitrogens with one attached hydrogen (secondary N) is 1. The highest BCUT2D eigenvalue weighted by Crippen LogP contribution is 2.40. The number of fused-ring (bicyclic) bond motifs is 1. The van der Waals surface area contributed by atoms with Crippen molar-refractivity contribution >= 4 is 23.1 Å². The predicted octanol–water partition coefficient (Wildman–Crippen LogP) is 4.50. The average molecular weight is 361 g/mol. The largest absolute Gasteiger partial charge is 0.363 e. The van der Waals surface area contributed by atoms with Crippen LogP contribution in [0.3, 0.4) is 0 Å². The van der Waals surface area contributed by atoms with Crippen molar-refractivity contribution < 1.29 is 4.79 Å². The number of hydrogen-bond donors (Lipinski definition) is 1. The number of azo groups is 1. The monoisotopic (exact) mass is 361 g/mol. The molecular weight excluding hydrogens is 338 g/mol. The molecule has 1 amide bonds. The molecule has 6 heteroatoms. The second-order valence-corrected chi connectivity index (χ2v) is 7.18. The van der Waals surface area contributed by atoms with Crippen LogP contribution in [0.4, 0.5) is 11.5 Å². The van der Waals surface area contributed by atoms with Crippen molar-refractivity contribution in [3.05, 3.63) is 59.3 Å². The fraction of sp³-hybridized carbons (Fsp3) is 0.333. The Balaban J connectivity index is 1.75. The summed E-state index contributed by atoms with van der Waals surface area (Å²) in [5.41, 5.74) is 5.08. The van der Waals surface area contributed by atoms with E-state index in [0.717, 1.165) is 40.3 Å². The van der Waals surface area contributed by atoms with Gasteiger partial charge in [-0.05, 0) is 55.7 Å². The first-order valence-corrected chi connectivity index (χ1v) is 9.24. The van der Waals surface area contributed by atoms with Crippen LogP contribution in [0.15, 0.2) is 52.8 Å². The quantitative estimate of drug-likeness (QED) is 0.875. The maximum Gasteiger partial charge on any atom is 0.224 e. The Hall–Kier alpha value is -3.02. The zero-order valence-electron chi connectivity index (χ0n) is 15.8. The lowest BCUT2D eigenvalue weighted by Crippen LogP contribution is -2.43. The molecule has 1 N–H and O–H groups in total. The summed E-state index contributed by atoms with van der Waals surface area (Å²) in [5, 5.41) is 11.8. The van der Waals surface area contributed by atoms with E-state index in [9.17, 15) is 4.79 Å². The van der Waals surface area contributed by atoms with E-state index in [4.69, 9.17) is 0 Å². The number of rotatable bonds is 3. The van der Waals surface area contributed by atoms with E-state index < -0.39 is 0 Å². The van der Waals surface area contributed by atoms with Crippen LogP contribution in [-0.2, 0) is 4.79 Å². The van der Waals surface area contributed by atoms with Crippen LogP contribution in [-0.4, -0.2) is 23.5 Å². The molecule has 0 saturated carbocycles. The van der Waals surface area contributed by atoms with Crippen LogP contribution < -0.4 is 10.2 Å². The van der Waals surface area contributed by atoms with Crippen LogP contribution in [0.1, 0.15) is 43.0 Å². The molecule has 0 unspecified atom stereocenters. The third kappa shape index (κ3) is 3.35. The minimum absolute atomic E-state index is 0.0585. The highest BCUT2D eigenvalue weighted by Gasteiger charge is 2.33. The van der Waals surface area contributed by atoms with Gasteiger partial charge in [-0.3, -0.25) is 4.79 Å². The SMILES string of the molecule is CC(=O)N1c2ccc(C3=CCN=N3)cc2[C@H](Nc2ccc(C)cn2)C[C@@H]1C. The van der Waals surface area contributed by atoms with Crippen LogP contribution in [0.5, 0.6) is 0 Å². The number of hydrogen-bond acceptors (Lipinski definition) is 5. The number of anilines is 2. The van der Waals surface area contributed by atoms with E-state index in [1.807, 2.05) is 48.4 Å². The molecule has 2 aliphatic heterocycles. The zero-order valence-corrected chi connectivity index (χ0v) is 15.8. The lowest BCUT2D eigenvalue weighted by atomic mass is 9.89. The third-order valence-electron chi connectivity index (χ3n) is 5.09. The highest BCUT2D eigenvalue weighted by atomic mass is 16.2. The molecule has 1 aromatic heterocycles. The first-order valence-electron chi connectivity index (χ1n) is 9.24. The number of benzene rings is 1. The van der Waals surface area contributed by atoms with Crippen LogP contribution in [0.2, 0.25) is 0 Å². The Labute approximate surface area is 159 Å². The van der Waals surface area contributed by atoms with E-state index in [2.05, 4.69) is 33.5 Å². The van der Waals surface area contributed by atoms with Gasteiger partial charge in [-0.1, -0.05) is 12.1 Å². The van der Waals surface area contributed by atoms with E-state index in [0.29, 0.717) is 6.54 Å². The van der Waals surface area contributed by atoms with Gasteiger partial charge in [0.2, 0.25) is 5.91 Å². The second kappa shape index (κ2) is 6.95. The van der Waals surface area contributed by atoms with E-state index >= 15 is 0 Å². The Morgan fingerprint density at radius 1 is 1.26 bits per heavy atom. The van der Waals surface area contributed by atoms with Crippen LogP contribution in [0, 0.1) is 6.92 Å². The van der Waals surface area contributed by atoms with Gasteiger partial charge in [-0.25, -0.2) is 4.98 Å². The minimum atomic E-state index is 0.0585. The molecule has 0 spiro atoms. The van der Waals surface area contributed by atoms with Crippen LogP contribution in [0.25, 0.3) is 5.70 Å².